The van der Waals surface area contributed by atoms with Crippen molar-refractivity contribution >= 4 is 11.8 Å². The molecule has 0 amide bonds. The zero-order valence-electron chi connectivity index (χ0n) is 10.3. The highest BCUT2D eigenvalue weighted by atomic mass is 32.2. The van der Waals surface area contributed by atoms with Gasteiger partial charge in [-0.3, -0.25) is 0 Å². The zero-order valence-corrected chi connectivity index (χ0v) is 11.1. The molecule has 0 aliphatic carbocycles. The maximum absolute atomic E-state index is 3.93. The fraction of sp³-hybridized carbons (Fsp3) is 0.900. The number of hydrogen-bond donors (Lipinski definition) is 1. The van der Waals surface area contributed by atoms with Gasteiger partial charge in [0.15, 0.2) is 0 Å². The molecule has 0 aromatic carbocycles. The molecule has 0 bridgehead atoms. The number of nitrogens with zero attached hydrogens (tertiary/aromatic N) is 4. The van der Waals surface area contributed by atoms with Gasteiger partial charge in [-0.25, -0.2) is 4.68 Å². The summed E-state index contributed by atoms with van der Waals surface area (Å²) >= 11 is 1.72. The quantitative estimate of drug-likeness (QED) is 0.553. The summed E-state index contributed by atoms with van der Waals surface area (Å²) < 4.78 is 1.71. The second-order valence-corrected chi connectivity index (χ2v) is 4.99. The summed E-state index contributed by atoms with van der Waals surface area (Å²) in [5.74, 6) is 1.08. The van der Waals surface area contributed by atoms with Gasteiger partial charge in [0.2, 0.25) is 5.16 Å². The Morgan fingerprint density at radius 2 is 2.31 bits per heavy atom. The van der Waals surface area contributed by atoms with E-state index >= 15 is 0 Å². The number of rotatable bonds is 8. The molecule has 0 saturated heterocycles. The molecular formula is C10H21N5S. The zero-order chi connectivity index (χ0) is 11.8. The first-order valence-electron chi connectivity index (χ1n) is 5.82. The second-order valence-electron chi connectivity index (χ2n) is 3.93. The summed E-state index contributed by atoms with van der Waals surface area (Å²) in [6.45, 7) is 5.54. The standard InChI is InChI=1S/C10H21N5S/c1-4-7-11-9(2)6-5-8-16-10-12-13-14-15(10)3/h9,11H,4-8H2,1-3H3. The molecule has 6 heteroatoms. The van der Waals surface area contributed by atoms with E-state index in [2.05, 4.69) is 34.7 Å². The van der Waals surface area contributed by atoms with Crippen LogP contribution in [0, 0.1) is 0 Å². The minimum Gasteiger partial charge on any atom is -0.314 e. The van der Waals surface area contributed by atoms with Crippen LogP contribution in [0.2, 0.25) is 0 Å². The maximum atomic E-state index is 3.93. The van der Waals surface area contributed by atoms with E-state index in [4.69, 9.17) is 0 Å². The van der Waals surface area contributed by atoms with Crippen LogP contribution in [-0.4, -0.2) is 38.5 Å². The number of tetrazole rings is 1. The lowest BCUT2D eigenvalue weighted by Gasteiger charge is -2.12. The van der Waals surface area contributed by atoms with E-state index in [0.29, 0.717) is 6.04 Å². The van der Waals surface area contributed by atoms with Gasteiger partial charge in [-0.2, -0.15) is 0 Å². The molecule has 1 unspecified atom stereocenters. The minimum atomic E-state index is 0.609. The van der Waals surface area contributed by atoms with Crippen LogP contribution >= 0.6 is 11.8 Å². The number of nitrogens with one attached hydrogen (secondary N) is 1. The first kappa shape index (κ1) is 13.4. The Hall–Kier alpha value is -0.620. The third kappa shape index (κ3) is 4.94. The summed E-state index contributed by atoms with van der Waals surface area (Å²) in [6.07, 6.45) is 3.59. The molecule has 0 fully saturated rings. The molecule has 92 valence electrons. The van der Waals surface area contributed by atoms with Crippen LogP contribution in [0.25, 0.3) is 0 Å². The van der Waals surface area contributed by atoms with Crippen molar-refractivity contribution in [3.05, 3.63) is 0 Å². The number of aryl methyl sites for hydroxylation is 1. The number of hydrogen-bond acceptors (Lipinski definition) is 5. The van der Waals surface area contributed by atoms with Crippen LogP contribution in [0.1, 0.15) is 33.1 Å². The Morgan fingerprint density at radius 3 is 2.94 bits per heavy atom. The van der Waals surface area contributed by atoms with Gasteiger partial charge < -0.3 is 5.32 Å². The third-order valence-corrected chi connectivity index (χ3v) is 3.43. The molecule has 1 N–H and O–H groups in total. The lowest BCUT2D eigenvalue weighted by atomic mass is 10.2. The Labute approximate surface area is 101 Å². The first-order valence-corrected chi connectivity index (χ1v) is 6.81. The number of aromatic nitrogens is 4. The van der Waals surface area contributed by atoms with Gasteiger partial charge >= 0.3 is 0 Å². The van der Waals surface area contributed by atoms with Crippen molar-refractivity contribution in [1.29, 1.82) is 0 Å². The van der Waals surface area contributed by atoms with Crippen molar-refractivity contribution in [2.75, 3.05) is 12.3 Å². The molecule has 1 aromatic heterocycles. The second kappa shape index (κ2) is 7.62. The average Bonchev–Trinajstić information content (AvgIpc) is 2.67. The van der Waals surface area contributed by atoms with Crippen LogP contribution in [-0.2, 0) is 7.05 Å². The molecule has 1 atom stereocenters. The van der Waals surface area contributed by atoms with Crippen molar-refractivity contribution in [3.8, 4) is 0 Å². The van der Waals surface area contributed by atoms with Crippen LogP contribution in [0.4, 0.5) is 0 Å². The highest BCUT2D eigenvalue weighted by molar-refractivity contribution is 7.99. The lowest BCUT2D eigenvalue weighted by Crippen LogP contribution is -2.26. The summed E-state index contributed by atoms with van der Waals surface area (Å²) in [7, 11) is 1.87. The van der Waals surface area contributed by atoms with E-state index in [1.165, 1.54) is 19.3 Å². The van der Waals surface area contributed by atoms with Gasteiger partial charge in [-0.05, 0) is 43.2 Å². The predicted molar refractivity (Wildman–Crippen MR) is 66.5 cm³/mol. The van der Waals surface area contributed by atoms with Gasteiger partial charge in [0, 0.05) is 18.8 Å². The van der Waals surface area contributed by atoms with Crippen molar-refractivity contribution < 1.29 is 0 Å². The molecule has 1 heterocycles. The monoisotopic (exact) mass is 243 g/mol. The Bertz CT molecular complexity index is 288. The summed E-state index contributed by atoms with van der Waals surface area (Å²) in [5.41, 5.74) is 0. The van der Waals surface area contributed by atoms with E-state index in [-0.39, 0.29) is 0 Å². The highest BCUT2D eigenvalue weighted by Crippen LogP contribution is 2.14. The molecule has 16 heavy (non-hydrogen) atoms. The Morgan fingerprint density at radius 1 is 1.50 bits per heavy atom. The average molecular weight is 243 g/mol. The summed E-state index contributed by atoms with van der Waals surface area (Å²) in [6, 6.07) is 0.609. The maximum Gasteiger partial charge on any atom is 0.209 e. The van der Waals surface area contributed by atoms with Gasteiger partial charge in [-0.1, -0.05) is 18.7 Å². The topological polar surface area (TPSA) is 55.6 Å². The molecule has 0 spiro atoms. The van der Waals surface area contributed by atoms with Crippen molar-refractivity contribution in [2.45, 2.75) is 44.3 Å². The molecule has 0 saturated carbocycles. The largest absolute Gasteiger partial charge is 0.314 e. The first-order chi connectivity index (χ1) is 7.74. The molecule has 0 aliphatic heterocycles. The molecule has 0 radical (unpaired) electrons. The molecule has 5 nitrogen and oxygen atoms in total. The lowest BCUT2D eigenvalue weighted by molar-refractivity contribution is 0.510. The normalized spacial score (nSPS) is 12.9. The predicted octanol–water partition coefficient (Wildman–Crippen LogP) is 1.47. The van der Waals surface area contributed by atoms with Crippen LogP contribution < -0.4 is 5.32 Å². The van der Waals surface area contributed by atoms with E-state index < -0.39 is 0 Å². The van der Waals surface area contributed by atoms with Crippen LogP contribution in [0.3, 0.4) is 0 Å². The van der Waals surface area contributed by atoms with Crippen LogP contribution in [0.5, 0.6) is 0 Å². The fourth-order valence-corrected chi connectivity index (χ4v) is 2.20. The molecule has 1 aromatic rings. The van der Waals surface area contributed by atoms with Crippen molar-refractivity contribution in [3.63, 3.8) is 0 Å². The van der Waals surface area contributed by atoms with Gasteiger partial charge in [-0.15, -0.1) is 5.10 Å². The van der Waals surface area contributed by atoms with Gasteiger partial charge in [0.1, 0.15) is 0 Å². The van der Waals surface area contributed by atoms with Crippen molar-refractivity contribution in [1.82, 2.24) is 25.5 Å². The SMILES string of the molecule is CCCNC(C)CCCSc1nnnn1C. The molecular weight excluding hydrogens is 222 g/mol. The number of thioether (sulfide) groups is 1. The molecule has 0 aliphatic rings. The minimum absolute atomic E-state index is 0.609. The highest BCUT2D eigenvalue weighted by Gasteiger charge is 2.04. The third-order valence-electron chi connectivity index (χ3n) is 2.34. The van der Waals surface area contributed by atoms with Gasteiger partial charge in [0.05, 0.1) is 0 Å². The van der Waals surface area contributed by atoms with E-state index in [9.17, 15) is 0 Å². The van der Waals surface area contributed by atoms with E-state index in [1.807, 2.05) is 7.05 Å². The van der Waals surface area contributed by atoms with Crippen molar-refractivity contribution in [2.24, 2.45) is 7.05 Å². The Balaban J connectivity index is 2.06. The summed E-state index contributed by atoms with van der Waals surface area (Å²) in [4.78, 5) is 0. The Kier molecular flexibility index (Phi) is 6.40. The van der Waals surface area contributed by atoms with E-state index in [1.54, 1.807) is 16.4 Å². The fourth-order valence-electron chi connectivity index (χ4n) is 1.39. The van der Waals surface area contributed by atoms with E-state index in [0.717, 1.165) is 17.5 Å². The molecule has 1 rings (SSSR count). The van der Waals surface area contributed by atoms with Crippen LogP contribution in [0.15, 0.2) is 5.16 Å². The van der Waals surface area contributed by atoms with Gasteiger partial charge in [0.25, 0.3) is 0 Å². The smallest absolute Gasteiger partial charge is 0.209 e. The summed E-state index contributed by atoms with van der Waals surface area (Å²) in [5, 5.41) is 15.7.